The molecule has 0 radical (unpaired) electrons. The summed E-state index contributed by atoms with van der Waals surface area (Å²) in [7, 11) is 0. The quantitative estimate of drug-likeness (QED) is 0.697. The standard InChI is InChI=1S/C10H9N5O2/c11-8(16)7-5-13-15-9(7)14-10(17)6-2-1-3-12-4-6/h1-5H,(H2,11,16)(H2,13,14,15,17). The number of H-pyrrole nitrogens is 1. The lowest BCUT2D eigenvalue weighted by molar-refractivity contribution is 0.100. The van der Waals surface area contributed by atoms with Crippen molar-refractivity contribution < 1.29 is 9.59 Å². The Morgan fingerprint density at radius 2 is 2.18 bits per heavy atom. The van der Waals surface area contributed by atoms with Crippen LogP contribution in [0.1, 0.15) is 20.7 Å². The molecule has 7 nitrogen and oxygen atoms in total. The van der Waals surface area contributed by atoms with Crippen molar-refractivity contribution in [1.82, 2.24) is 15.2 Å². The lowest BCUT2D eigenvalue weighted by atomic mass is 10.2. The van der Waals surface area contributed by atoms with Crippen molar-refractivity contribution in [3.8, 4) is 0 Å². The van der Waals surface area contributed by atoms with Gasteiger partial charge in [-0.2, -0.15) is 5.10 Å². The molecule has 0 unspecified atom stereocenters. The van der Waals surface area contributed by atoms with E-state index >= 15 is 0 Å². The lowest BCUT2D eigenvalue weighted by Crippen LogP contribution is -2.17. The van der Waals surface area contributed by atoms with Crippen molar-refractivity contribution in [2.75, 3.05) is 5.32 Å². The Hall–Kier alpha value is -2.70. The molecule has 0 aromatic carbocycles. The van der Waals surface area contributed by atoms with Gasteiger partial charge in [-0.15, -0.1) is 0 Å². The molecule has 2 aromatic heterocycles. The van der Waals surface area contributed by atoms with Gasteiger partial charge in [-0.3, -0.25) is 19.7 Å². The number of nitrogens with two attached hydrogens (primary N) is 1. The molecule has 2 amide bonds. The third-order valence-corrected chi connectivity index (χ3v) is 2.07. The normalized spacial score (nSPS) is 9.88. The molecule has 0 atom stereocenters. The average Bonchev–Trinajstić information content (AvgIpc) is 2.78. The molecule has 86 valence electrons. The molecule has 0 aliphatic rings. The predicted octanol–water partition coefficient (Wildman–Crippen LogP) is 0.156. The van der Waals surface area contributed by atoms with E-state index in [1.165, 1.54) is 12.4 Å². The molecule has 7 heteroatoms. The highest BCUT2D eigenvalue weighted by atomic mass is 16.2. The van der Waals surface area contributed by atoms with Crippen LogP contribution in [0, 0.1) is 0 Å². The van der Waals surface area contributed by atoms with Crippen LogP contribution in [0.2, 0.25) is 0 Å². The van der Waals surface area contributed by atoms with Crippen molar-refractivity contribution in [3.05, 3.63) is 41.9 Å². The average molecular weight is 231 g/mol. The van der Waals surface area contributed by atoms with Gasteiger partial charge in [0.2, 0.25) is 0 Å². The summed E-state index contributed by atoms with van der Waals surface area (Å²) in [5.74, 6) is -0.892. The second-order valence-electron chi connectivity index (χ2n) is 3.22. The Kier molecular flexibility index (Phi) is 2.82. The predicted molar refractivity (Wildman–Crippen MR) is 59.3 cm³/mol. The number of rotatable bonds is 3. The molecule has 0 bridgehead atoms. The van der Waals surface area contributed by atoms with Crippen LogP contribution in [0.4, 0.5) is 5.82 Å². The highest BCUT2D eigenvalue weighted by Gasteiger charge is 2.13. The van der Waals surface area contributed by atoms with E-state index in [1.54, 1.807) is 18.3 Å². The Balaban J connectivity index is 2.19. The largest absolute Gasteiger partial charge is 0.365 e. The SMILES string of the molecule is NC(=O)c1cn[nH]c1NC(=O)c1cccnc1. The maximum absolute atomic E-state index is 11.7. The van der Waals surface area contributed by atoms with Crippen LogP contribution in [0.25, 0.3) is 0 Å². The summed E-state index contributed by atoms with van der Waals surface area (Å²) in [6, 6.07) is 3.24. The number of nitrogens with one attached hydrogen (secondary N) is 2. The zero-order valence-electron chi connectivity index (χ0n) is 8.68. The Bertz CT molecular complexity index is 549. The molecule has 17 heavy (non-hydrogen) atoms. The van der Waals surface area contributed by atoms with E-state index in [2.05, 4.69) is 20.5 Å². The van der Waals surface area contributed by atoms with Gasteiger partial charge in [0.15, 0.2) is 0 Å². The van der Waals surface area contributed by atoms with E-state index in [4.69, 9.17) is 5.73 Å². The van der Waals surface area contributed by atoms with Crippen molar-refractivity contribution in [3.63, 3.8) is 0 Å². The maximum atomic E-state index is 11.7. The van der Waals surface area contributed by atoms with Crippen LogP contribution in [0.5, 0.6) is 0 Å². The van der Waals surface area contributed by atoms with Gasteiger partial charge in [0, 0.05) is 12.4 Å². The van der Waals surface area contributed by atoms with E-state index in [9.17, 15) is 9.59 Å². The van der Waals surface area contributed by atoms with Crippen LogP contribution < -0.4 is 11.1 Å². The monoisotopic (exact) mass is 231 g/mol. The highest BCUT2D eigenvalue weighted by molar-refractivity contribution is 6.07. The van der Waals surface area contributed by atoms with Crippen LogP contribution in [-0.4, -0.2) is 27.0 Å². The number of aromatic nitrogens is 3. The zero-order chi connectivity index (χ0) is 12.3. The van der Waals surface area contributed by atoms with E-state index in [0.29, 0.717) is 5.56 Å². The fourth-order valence-corrected chi connectivity index (χ4v) is 1.25. The number of hydrogen-bond acceptors (Lipinski definition) is 4. The Morgan fingerprint density at radius 1 is 1.35 bits per heavy atom. The molecule has 0 saturated heterocycles. The van der Waals surface area contributed by atoms with E-state index in [-0.39, 0.29) is 11.4 Å². The molecular weight excluding hydrogens is 222 g/mol. The summed E-state index contributed by atoms with van der Waals surface area (Å²) in [5, 5.41) is 8.61. The molecule has 4 N–H and O–H groups in total. The van der Waals surface area contributed by atoms with E-state index < -0.39 is 11.8 Å². The summed E-state index contributed by atoms with van der Waals surface area (Å²) in [5.41, 5.74) is 5.61. The van der Waals surface area contributed by atoms with Gasteiger partial charge in [-0.05, 0) is 12.1 Å². The van der Waals surface area contributed by atoms with Crippen molar-refractivity contribution >= 4 is 17.6 Å². The minimum atomic E-state index is -0.666. The van der Waals surface area contributed by atoms with Gasteiger partial charge >= 0.3 is 0 Å². The summed E-state index contributed by atoms with van der Waals surface area (Å²) in [6.07, 6.45) is 4.22. The molecule has 2 heterocycles. The summed E-state index contributed by atoms with van der Waals surface area (Å²) in [4.78, 5) is 26.5. The van der Waals surface area contributed by atoms with Gasteiger partial charge in [0.1, 0.15) is 11.4 Å². The number of pyridine rings is 1. The van der Waals surface area contributed by atoms with Crippen molar-refractivity contribution in [2.24, 2.45) is 5.73 Å². The number of carbonyl (C=O) groups excluding carboxylic acids is 2. The summed E-state index contributed by atoms with van der Waals surface area (Å²) >= 11 is 0. The van der Waals surface area contributed by atoms with Crippen LogP contribution in [0.3, 0.4) is 0 Å². The first-order valence-corrected chi connectivity index (χ1v) is 4.73. The molecule has 2 aromatic rings. The fourth-order valence-electron chi connectivity index (χ4n) is 1.25. The number of aromatic amines is 1. The zero-order valence-corrected chi connectivity index (χ0v) is 8.68. The fraction of sp³-hybridized carbons (Fsp3) is 0. The van der Waals surface area contributed by atoms with E-state index in [1.807, 2.05) is 0 Å². The molecule has 0 saturated carbocycles. The van der Waals surface area contributed by atoms with E-state index in [0.717, 1.165) is 0 Å². The van der Waals surface area contributed by atoms with Crippen LogP contribution in [-0.2, 0) is 0 Å². The number of carbonyl (C=O) groups is 2. The van der Waals surface area contributed by atoms with Crippen LogP contribution in [0.15, 0.2) is 30.7 Å². The number of primary amides is 1. The summed E-state index contributed by atoms with van der Waals surface area (Å²) in [6.45, 7) is 0. The highest BCUT2D eigenvalue weighted by Crippen LogP contribution is 2.11. The Morgan fingerprint density at radius 3 is 2.82 bits per heavy atom. The third-order valence-electron chi connectivity index (χ3n) is 2.07. The van der Waals surface area contributed by atoms with Crippen molar-refractivity contribution in [2.45, 2.75) is 0 Å². The number of hydrogen-bond donors (Lipinski definition) is 3. The minimum Gasteiger partial charge on any atom is -0.365 e. The van der Waals surface area contributed by atoms with Gasteiger partial charge in [-0.1, -0.05) is 0 Å². The molecule has 0 aliphatic heterocycles. The maximum Gasteiger partial charge on any atom is 0.258 e. The van der Waals surface area contributed by atoms with Crippen molar-refractivity contribution in [1.29, 1.82) is 0 Å². The molecule has 2 rings (SSSR count). The number of nitrogens with zero attached hydrogens (tertiary/aromatic N) is 2. The molecule has 0 aliphatic carbocycles. The molecule has 0 spiro atoms. The second kappa shape index (κ2) is 4.44. The first kappa shape index (κ1) is 10.8. The first-order valence-electron chi connectivity index (χ1n) is 4.73. The van der Waals surface area contributed by atoms with Gasteiger partial charge < -0.3 is 11.1 Å². The first-order chi connectivity index (χ1) is 8.18. The molecule has 0 fully saturated rings. The van der Waals surface area contributed by atoms with Crippen LogP contribution >= 0.6 is 0 Å². The molecular formula is C10H9N5O2. The second-order valence-corrected chi connectivity index (χ2v) is 3.22. The minimum absolute atomic E-state index is 0.127. The van der Waals surface area contributed by atoms with Gasteiger partial charge in [-0.25, -0.2) is 0 Å². The summed E-state index contributed by atoms with van der Waals surface area (Å²) < 4.78 is 0. The number of amides is 2. The lowest BCUT2D eigenvalue weighted by Gasteiger charge is -2.03. The third kappa shape index (κ3) is 2.28. The topological polar surface area (TPSA) is 114 Å². The Labute approximate surface area is 96.0 Å². The van der Waals surface area contributed by atoms with Gasteiger partial charge in [0.05, 0.1) is 11.8 Å². The van der Waals surface area contributed by atoms with Gasteiger partial charge in [0.25, 0.3) is 11.8 Å². The smallest absolute Gasteiger partial charge is 0.258 e. The number of anilines is 1.